The number of nitriles is 1. The molecule has 11 heteroatoms. The number of anilines is 1. The fourth-order valence-electron chi connectivity index (χ4n) is 9.41. The predicted molar refractivity (Wildman–Crippen MR) is 313 cm³/mol. The summed E-state index contributed by atoms with van der Waals surface area (Å²) in [6, 6.07) is 52.4. The Kier molecular flexibility index (Phi) is 20.1. The summed E-state index contributed by atoms with van der Waals surface area (Å²) in [4.78, 5) is 26.2. The monoisotopic (exact) mass is 1400 g/mol. The molecule has 0 bridgehead atoms. The van der Waals surface area contributed by atoms with Crippen LogP contribution in [0.2, 0.25) is 0 Å². The van der Waals surface area contributed by atoms with E-state index in [1.165, 1.54) is 57.6 Å². The molecular formula is C67H63Ir2N5O3S-2. The summed E-state index contributed by atoms with van der Waals surface area (Å²) in [6.45, 7) is 28.1. The number of carbonyl (C=O) groups excluding carboxylic acids is 1. The summed E-state index contributed by atoms with van der Waals surface area (Å²) in [6.07, 6.45) is 13.0. The van der Waals surface area contributed by atoms with Crippen molar-refractivity contribution in [3.63, 3.8) is 0 Å². The van der Waals surface area contributed by atoms with E-state index in [-0.39, 0.29) is 73.7 Å². The van der Waals surface area contributed by atoms with Crippen LogP contribution in [0.4, 0.5) is 5.69 Å². The number of carbonyl (C=O) groups is 1. The van der Waals surface area contributed by atoms with E-state index in [9.17, 15) is 10.1 Å². The van der Waals surface area contributed by atoms with Crippen molar-refractivity contribution in [2.75, 3.05) is 18.0 Å². The molecule has 6 heterocycles. The Balaban J connectivity index is 0.000000189. The Morgan fingerprint density at radius 2 is 1.49 bits per heavy atom. The molecule has 2 radical (unpaired) electrons. The van der Waals surface area contributed by atoms with E-state index in [0.29, 0.717) is 11.3 Å². The average molecular weight is 1400 g/mol. The average Bonchev–Trinajstić information content (AvgIpc) is 3.96. The Labute approximate surface area is 491 Å². The molecule has 8 nitrogen and oxygen atoms in total. The zero-order chi connectivity index (χ0) is 54.2. The second kappa shape index (κ2) is 26.1. The van der Waals surface area contributed by atoms with Gasteiger partial charge in [-0.05, 0) is 123 Å². The van der Waals surface area contributed by atoms with Crippen molar-refractivity contribution in [3.8, 4) is 27.9 Å². The maximum Gasteiger partial charge on any atom is 0.269 e. The number of aliphatic hydroxyl groups is 1. The molecule has 1 N–H and O–H groups in total. The van der Waals surface area contributed by atoms with Gasteiger partial charge in [-0.1, -0.05) is 139 Å². The van der Waals surface area contributed by atoms with Gasteiger partial charge in [0.1, 0.15) is 11.5 Å². The van der Waals surface area contributed by atoms with Crippen molar-refractivity contribution >= 4 is 60.6 Å². The Bertz CT molecular complexity index is 3620. The molecule has 3 aromatic heterocycles. The van der Waals surface area contributed by atoms with Crippen molar-refractivity contribution in [1.82, 2.24) is 9.97 Å². The minimum absolute atomic E-state index is 0. The predicted octanol–water partition coefficient (Wildman–Crippen LogP) is 17.1. The number of nitrogens with zero attached hydrogens (tertiary/aromatic N) is 5. The summed E-state index contributed by atoms with van der Waals surface area (Å²) in [7, 11) is 0. The molecule has 0 saturated carbocycles. The summed E-state index contributed by atoms with van der Waals surface area (Å²) in [5.74, 6) is 1.33. The van der Waals surface area contributed by atoms with Crippen LogP contribution in [-0.2, 0) is 60.6 Å². The number of ether oxygens (including phenoxy) is 1. The SMILES string of the molecule is CC(=O)C=C(C)O.[C-]#[N+]/C(C#N)=C1C=C(/C=C/c2cc3c4c(c2)C(C)(C)CCN4CCC3(C)C)OC(C(C)(C)C)=C/1.[Ir].[Ir].[c-]1c(-c2ccccn2)sc2ccccc12.[c-]1ccc2ccccc2c1-c1ccc2ccccc2n1. The van der Waals surface area contributed by atoms with Crippen LogP contribution in [0.1, 0.15) is 91.8 Å². The molecule has 0 unspecified atom stereocenters. The summed E-state index contributed by atoms with van der Waals surface area (Å²) < 4.78 is 7.46. The van der Waals surface area contributed by atoms with E-state index >= 15 is 0 Å². The van der Waals surface area contributed by atoms with E-state index in [2.05, 4.69) is 160 Å². The zero-order valence-corrected chi connectivity index (χ0v) is 51.1. The summed E-state index contributed by atoms with van der Waals surface area (Å²) in [5.41, 5.74) is 10.2. The van der Waals surface area contributed by atoms with Crippen molar-refractivity contribution in [3.05, 3.63) is 227 Å². The number of benzene rings is 5. The molecule has 400 valence electrons. The van der Waals surface area contributed by atoms with Gasteiger partial charge < -0.3 is 19.7 Å². The van der Waals surface area contributed by atoms with Crippen molar-refractivity contribution in [2.45, 2.75) is 86.0 Å². The fourth-order valence-corrected chi connectivity index (χ4v) is 10.4. The normalized spacial score (nSPS) is 15.5. The second-order valence-corrected chi connectivity index (χ2v) is 22.5. The third-order valence-electron chi connectivity index (χ3n) is 13.6. The maximum atomic E-state index is 10.0. The molecule has 0 saturated heterocycles. The van der Waals surface area contributed by atoms with Gasteiger partial charge in [-0.15, -0.1) is 52.7 Å². The van der Waals surface area contributed by atoms with E-state index in [4.69, 9.17) is 21.4 Å². The van der Waals surface area contributed by atoms with Crippen LogP contribution in [0.5, 0.6) is 0 Å². The van der Waals surface area contributed by atoms with Gasteiger partial charge in [0.05, 0.1) is 23.9 Å². The molecule has 0 fully saturated rings. The Morgan fingerprint density at radius 1 is 0.833 bits per heavy atom. The summed E-state index contributed by atoms with van der Waals surface area (Å²) >= 11 is 1.73. The molecule has 5 aromatic carbocycles. The van der Waals surface area contributed by atoms with E-state index < -0.39 is 0 Å². The fraction of sp³-hybridized carbons (Fsp3) is 0.239. The molecule has 78 heavy (non-hydrogen) atoms. The number of aliphatic hydroxyl groups excluding tert-OH is 1. The number of hydrogen-bond donors (Lipinski definition) is 1. The minimum atomic E-state index is -0.241. The third kappa shape index (κ3) is 14.5. The molecule has 0 amide bonds. The van der Waals surface area contributed by atoms with Gasteiger partial charge in [0.2, 0.25) is 0 Å². The number of fused-ring (bicyclic) bond motifs is 3. The molecule has 3 aliphatic rings. The maximum absolute atomic E-state index is 10.0. The largest absolute Gasteiger partial charge is 0.512 e. The van der Waals surface area contributed by atoms with Crippen LogP contribution >= 0.6 is 11.3 Å². The van der Waals surface area contributed by atoms with Gasteiger partial charge in [0.25, 0.3) is 5.70 Å². The summed E-state index contributed by atoms with van der Waals surface area (Å²) in [5, 5.41) is 22.5. The Hall–Kier alpha value is -7.07. The van der Waals surface area contributed by atoms with Gasteiger partial charge in [0.15, 0.2) is 5.78 Å². The standard InChI is InChI=1S/C30H35N3O.C19H12N.C13H8NS.C5H8O2.2Ir/c1-28(2,3)26-18-21(25(19-31)32-8)17-22(34-26)10-9-20-15-23-27-24(16-20)30(6,7)12-14-33(27)13-11-29(23,4)5;1-3-9-16-14(6-1)8-5-10-17(16)19-13-12-15-7-2-4-11-18(15)20-19;1-2-7-12-10(5-1)9-13(15-12)11-6-3-4-8-14-11;1-4(6)3-5(2)7;;/h9-10,15-18H,11-14H2,1-7H3;1-9,11-13H;1-8H;3,6H,1-2H3;;/q;2*-1;;;/b10-9+,25-21-;;;;;. The zero-order valence-electron chi connectivity index (χ0n) is 45.5. The molecule has 0 atom stereocenters. The number of hydrogen-bond acceptors (Lipinski definition) is 8. The molecule has 8 aromatic rings. The Morgan fingerprint density at radius 3 is 2.10 bits per heavy atom. The van der Waals surface area contributed by atoms with E-state index in [1.54, 1.807) is 17.4 Å². The number of ketones is 1. The molecule has 11 rings (SSSR count). The first kappa shape index (κ1) is 60.2. The van der Waals surface area contributed by atoms with Crippen LogP contribution in [0, 0.1) is 35.5 Å². The minimum Gasteiger partial charge on any atom is -0.512 e. The first-order valence-corrected chi connectivity index (χ1v) is 26.4. The topological polar surface area (TPSA) is 104 Å². The first-order chi connectivity index (χ1) is 36.3. The van der Waals surface area contributed by atoms with Crippen LogP contribution in [0.3, 0.4) is 0 Å². The first-order valence-electron chi connectivity index (χ1n) is 25.5. The van der Waals surface area contributed by atoms with Gasteiger partial charge in [-0.25, -0.2) is 21.4 Å². The third-order valence-corrected chi connectivity index (χ3v) is 14.7. The smallest absolute Gasteiger partial charge is 0.269 e. The van der Waals surface area contributed by atoms with Crippen LogP contribution in [0.25, 0.3) is 64.5 Å². The molecule has 0 aliphatic carbocycles. The van der Waals surface area contributed by atoms with Gasteiger partial charge >= 0.3 is 0 Å². The number of aromatic nitrogens is 2. The van der Waals surface area contributed by atoms with E-state index in [1.807, 2.05) is 72.9 Å². The number of allylic oxidation sites excluding steroid dienone is 8. The number of rotatable bonds is 5. The molecule has 3 aliphatic heterocycles. The van der Waals surface area contributed by atoms with Gasteiger partial charge in [-0.3, -0.25) is 9.78 Å². The van der Waals surface area contributed by atoms with Crippen LogP contribution < -0.4 is 4.90 Å². The van der Waals surface area contributed by atoms with Gasteiger partial charge in [0, 0.05) is 82.4 Å². The molecular weight excluding hydrogens is 1340 g/mol. The second-order valence-electron chi connectivity index (χ2n) is 21.5. The number of pyridine rings is 2. The number of thiophene rings is 1. The van der Waals surface area contributed by atoms with Crippen molar-refractivity contribution in [1.29, 1.82) is 5.26 Å². The van der Waals surface area contributed by atoms with Crippen molar-refractivity contribution < 1.29 is 54.8 Å². The van der Waals surface area contributed by atoms with Crippen LogP contribution in [-0.4, -0.2) is 33.9 Å². The molecule has 0 spiro atoms. The van der Waals surface area contributed by atoms with Crippen molar-refractivity contribution in [2.24, 2.45) is 5.41 Å². The van der Waals surface area contributed by atoms with Gasteiger partial charge in [-0.2, -0.15) is 0 Å². The van der Waals surface area contributed by atoms with E-state index in [0.717, 1.165) is 70.0 Å². The quantitative estimate of drug-likeness (QED) is 0.0792. The number of para-hydroxylation sites is 1. The van der Waals surface area contributed by atoms with Crippen LogP contribution in [0.15, 0.2) is 186 Å².